The molecule has 0 atom stereocenters. The average molecular weight is 248 g/mol. The summed E-state index contributed by atoms with van der Waals surface area (Å²) >= 11 is 0. The molecule has 1 N–H and O–H groups in total. The van der Waals surface area contributed by atoms with Crippen molar-refractivity contribution in [3.8, 4) is 0 Å². The lowest BCUT2D eigenvalue weighted by Gasteiger charge is -2.18. The summed E-state index contributed by atoms with van der Waals surface area (Å²) in [5, 5.41) is 3.37. The molecular formula is C16H28N2. The van der Waals surface area contributed by atoms with Crippen molar-refractivity contribution >= 4 is 0 Å². The highest BCUT2D eigenvalue weighted by Crippen LogP contribution is 2.09. The summed E-state index contributed by atoms with van der Waals surface area (Å²) in [5.74, 6) is 0.785. The van der Waals surface area contributed by atoms with E-state index in [0.717, 1.165) is 25.6 Å². The minimum atomic E-state index is 0.785. The van der Waals surface area contributed by atoms with E-state index in [4.69, 9.17) is 0 Å². The van der Waals surface area contributed by atoms with Crippen molar-refractivity contribution in [3.05, 3.63) is 35.4 Å². The lowest BCUT2D eigenvalue weighted by Crippen LogP contribution is -2.20. The fourth-order valence-corrected chi connectivity index (χ4v) is 1.98. The van der Waals surface area contributed by atoms with Gasteiger partial charge in [-0.05, 0) is 43.6 Å². The van der Waals surface area contributed by atoms with E-state index in [1.165, 1.54) is 24.1 Å². The van der Waals surface area contributed by atoms with Crippen molar-refractivity contribution in [3.63, 3.8) is 0 Å². The third-order valence-electron chi connectivity index (χ3n) is 3.11. The van der Waals surface area contributed by atoms with Gasteiger partial charge in [-0.1, -0.05) is 45.0 Å². The highest BCUT2D eigenvalue weighted by molar-refractivity contribution is 5.23. The third-order valence-corrected chi connectivity index (χ3v) is 3.11. The molecule has 0 fully saturated rings. The summed E-state index contributed by atoms with van der Waals surface area (Å²) in [4.78, 5) is 2.41. The van der Waals surface area contributed by atoms with Gasteiger partial charge in [0.1, 0.15) is 0 Å². The molecule has 0 aromatic heterocycles. The van der Waals surface area contributed by atoms with E-state index in [1.54, 1.807) is 0 Å². The first kappa shape index (κ1) is 15.2. The maximum atomic E-state index is 3.37. The molecule has 0 aliphatic carbocycles. The minimum Gasteiger partial charge on any atom is -0.313 e. The van der Waals surface area contributed by atoms with Crippen LogP contribution in [0.25, 0.3) is 0 Å². The van der Waals surface area contributed by atoms with Gasteiger partial charge in [0.2, 0.25) is 0 Å². The van der Waals surface area contributed by atoms with Gasteiger partial charge < -0.3 is 10.2 Å². The van der Waals surface area contributed by atoms with Crippen LogP contribution < -0.4 is 5.32 Å². The van der Waals surface area contributed by atoms with Crippen molar-refractivity contribution in [1.29, 1.82) is 0 Å². The summed E-state index contributed by atoms with van der Waals surface area (Å²) < 4.78 is 0. The van der Waals surface area contributed by atoms with Crippen LogP contribution in [0.15, 0.2) is 24.3 Å². The Morgan fingerprint density at radius 3 is 2.61 bits per heavy atom. The summed E-state index contributed by atoms with van der Waals surface area (Å²) in [6.07, 6.45) is 1.27. The first-order chi connectivity index (χ1) is 8.61. The molecule has 0 spiro atoms. The van der Waals surface area contributed by atoms with Gasteiger partial charge in [-0.3, -0.25) is 0 Å². The number of hydrogen-bond acceptors (Lipinski definition) is 2. The Balaban J connectivity index is 2.45. The SMILES string of the molecule is CCNCc1cccc(CN(C)CCC(C)C)c1. The maximum Gasteiger partial charge on any atom is 0.0230 e. The average Bonchev–Trinajstić information content (AvgIpc) is 2.34. The van der Waals surface area contributed by atoms with Gasteiger partial charge in [0.25, 0.3) is 0 Å². The quantitative estimate of drug-likeness (QED) is 0.759. The van der Waals surface area contributed by atoms with Gasteiger partial charge in [-0.15, -0.1) is 0 Å². The molecule has 1 aromatic carbocycles. The molecular weight excluding hydrogens is 220 g/mol. The zero-order chi connectivity index (χ0) is 13.4. The Morgan fingerprint density at radius 2 is 1.94 bits per heavy atom. The number of benzene rings is 1. The molecule has 2 heteroatoms. The van der Waals surface area contributed by atoms with Crippen molar-refractivity contribution in [2.24, 2.45) is 5.92 Å². The summed E-state index contributed by atoms with van der Waals surface area (Å²) in [6, 6.07) is 8.90. The Morgan fingerprint density at radius 1 is 1.22 bits per heavy atom. The van der Waals surface area contributed by atoms with E-state index in [2.05, 4.69) is 62.3 Å². The van der Waals surface area contributed by atoms with Crippen molar-refractivity contribution in [2.45, 2.75) is 40.3 Å². The minimum absolute atomic E-state index is 0.785. The number of hydrogen-bond donors (Lipinski definition) is 1. The van der Waals surface area contributed by atoms with E-state index in [-0.39, 0.29) is 0 Å². The Kier molecular flexibility index (Phi) is 6.99. The summed E-state index contributed by atoms with van der Waals surface area (Å²) in [7, 11) is 2.21. The largest absolute Gasteiger partial charge is 0.313 e. The first-order valence-corrected chi connectivity index (χ1v) is 7.09. The predicted molar refractivity (Wildman–Crippen MR) is 79.6 cm³/mol. The van der Waals surface area contributed by atoms with Crippen LogP contribution in [0.2, 0.25) is 0 Å². The van der Waals surface area contributed by atoms with Crippen LogP contribution in [0.4, 0.5) is 0 Å². The Bertz CT molecular complexity index is 334. The van der Waals surface area contributed by atoms with Gasteiger partial charge in [0.15, 0.2) is 0 Å². The number of nitrogens with zero attached hydrogens (tertiary/aromatic N) is 1. The summed E-state index contributed by atoms with van der Waals surface area (Å²) in [6.45, 7) is 10.9. The van der Waals surface area contributed by atoms with Crippen LogP contribution in [0.1, 0.15) is 38.3 Å². The molecule has 0 aliphatic rings. The molecule has 102 valence electrons. The van der Waals surface area contributed by atoms with Gasteiger partial charge >= 0.3 is 0 Å². The van der Waals surface area contributed by atoms with E-state index in [1.807, 2.05) is 0 Å². The zero-order valence-electron chi connectivity index (χ0n) is 12.4. The molecule has 0 bridgehead atoms. The van der Waals surface area contributed by atoms with Gasteiger partial charge in [0.05, 0.1) is 0 Å². The fraction of sp³-hybridized carbons (Fsp3) is 0.625. The number of nitrogens with one attached hydrogen (secondary N) is 1. The molecule has 1 aromatic rings. The maximum absolute atomic E-state index is 3.37. The summed E-state index contributed by atoms with van der Waals surface area (Å²) in [5.41, 5.74) is 2.79. The van der Waals surface area contributed by atoms with Crippen molar-refractivity contribution < 1.29 is 0 Å². The lowest BCUT2D eigenvalue weighted by atomic mass is 10.1. The first-order valence-electron chi connectivity index (χ1n) is 7.09. The highest BCUT2D eigenvalue weighted by atomic mass is 15.1. The van der Waals surface area contributed by atoms with Gasteiger partial charge in [-0.2, -0.15) is 0 Å². The van der Waals surface area contributed by atoms with Crippen LogP contribution in [0, 0.1) is 5.92 Å². The monoisotopic (exact) mass is 248 g/mol. The van der Waals surface area contributed by atoms with E-state index >= 15 is 0 Å². The van der Waals surface area contributed by atoms with Crippen LogP contribution in [-0.2, 0) is 13.1 Å². The molecule has 0 unspecified atom stereocenters. The fourth-order valence-electron chi connectivity index (χ4n) is 1.98. The Hall–Kier alpha value is -0.860. The standard InChI is InChI=1S/C16H28N2/c1-5-17-12-15-7-6-8-16(11-15)13-18(4)10-9-14(2)3/h6-8,11,14,17H,5,9-10,12-13H2,1-4H3. The van der Waals surface area contributed by atoms with E-state index in [9.17, 15) is 0 Å². The topological polar surface area (TPSA) is 15.3 Å². The van der Waals surface area contributed by atoms with E-state index < -0.39 is 0 Å². The molecule has 0 aliphatic heterocycles. The van der Waals surface area contributed by atoms with Crippen molar-refractivity contribution in [2.75, 3.05) is 20.1 Å². The smallest absolute Gasteiger partial charge is 0.0230 e. The lowest BCUT2D eigenvalue weighted by molar-refractivity contribution is 0.303. The second kappa shape index (κ2) is 8.28. The normalized spacial score (nSPS) is 11.4. The van der Waals surface area contributed by atoms with Crippen LogP contribution in [0.5, 0.6) is 0 Å². The second-order valence-corrected chi connectivity index (χ2v) is 5.52. The van der Waals surface area contributed by atoms with Crippen LogP contribution >= 0.6 is 0 Å². The third kappa shape index (κ3) is 6.18. The molecule has 2 nitrogen and oxygen atoms in total. The predicted octanol–water partition coefficient (Wildman–Crippen LogP) is 3.27. The van der Waals surface area contributed by atoms with Gasteiger partial charge in [-0.25, -0.2) is 0 Å². The van der Waals surface area contributed by atoms with E-state index in [0.29, 0.717) is 0 Å². The van der Waals surface area contributed by atoms with Crippen LogP contribution in [0.3, 0.4) is 0 Å². The number of rotatable bonds is 8. The van der Waals surface area contributed by atoms with Gasteiger partial charge in [0, 0.05) is 13.1 Å². The second-order valence-electron chi connectivity index (χ2n) is 5.52. The zero-order valence-corrected chi connectivity index (χ0v) is 12.4. The van der Waals surface area contributed by atoms with Crippen molar-refractivity contribution in [1.82, 2.24) is 10.2 Å². The molecule has 0 saturated heterocycles. The molecule has 1 rings (SSSR count). The highest BCUT2D eigenvalue weighted by Gasteiger charge is 2.02. The molecule has 0 amide bonds. The molecule has 0 saturated carbocycles. The van der Waals surface area contributed by atoms with Crippen LogP contribution in [-0.4, -0.2) is 25.0 Å². The molecule has 0 radical (unpaired) electrons. The Labute approximate surface area is 112 Å². The molecule has 18 heavy (non-hydrogen) atoms. The molecule has 0 heterocycles.